The van der Waals surface area contributed by atoms with E-state index >= 15 is 0 Å². The molecule has 0 N–H and O–H groups in total. The van der Waals surface area contributed by atoms with Gasteiger partial charge in [0, 0.05) is 32.5 Å². The minimum absolute atomic E-state index is 0.0431. The average molecular weight is 294 g/mol. The number of cyclic esters (lactones) is 1. The average Bonchev–Trinajstić information content (AvgIpc) is 3.10. The van der Waals surface area contributed by atoms with E-state index in [0.717, 1.165) is 25.9 Å². The molecule has 0 unspecified atom stereocenters. The highest BCUT2D eigenvalue weighted by Crippen LogP contribution is 2.25. The Kier molecular flexibility index (Phi) is 3.95. The van der Waals surface area contributed by atoms with E-state index in [1.54, 1.807) is 6.92 Å². The fourth-order valence-electron chi connectivity index (χ4n) is 3.20. The maximum atomic E-state index is 11.8. The molecular formula is C14H22N4O3. The summed E-state index contributed by atoms with van der Waals surface area (Å²) in [6, 6.07) is 0.346. The summed E-state index contributed by atoms with van der Waals surface area (Å²) in [7, 11) is 2.06. The highest BCUT2D eigenvalue weighted by molar-refractivity contribution is 5.78. The summed E-state index contributed by atoms with van der Waals surface area (Å²) in [6.45, 7) is 6.24. The van der Waals surface area contributed by atoms with Gasteiger partial charge in [-0.2, -0.15) is 4.98 Å². The van der Waals surface area contributed by atoms with Gasteiger partial charge in [-0.3, -0.25) is 14.6 Å². The van der Waals surface area contributed by atoms with Crippen LogP contribution < -0.4 is 0 Å². The minimum atomic E-state index is -0.0698. The fourth-order valence-corrected chi connectivity index (χ4v) is 3.20. The Morgan fingerprint density at radius 2 is 2.29 bits per heavy atom. The molecule has 21 heavy (non-hydrogen) atoms. The van der Waals surface area contributed by atoms with Gasteiger partial charge in [0.05, 0.1) is 6.54 Å². The standard InChI is InChI=1S/C14H22N4O3/c1-9-6-12(14(19)20-9)18-5-4-11(7-18)17(3)8-13-15-10(2)21-16-13/h9,11-12H,4-8H2,1-3H3/t9-,11+,12-/m0/s1. The van der Waals surface area contributed by atoms with E-state index in [4.69, 9.17) is 9.26 Å². The van der Waals surface area contributed by atoms with Gasteiger partial charge in [-0.05, 0) is 20.4 Å². The minimum Gasteiger partial charge on any atom is -0.461 e. The van der Waals surface area contributed by atoms with Crippen LogP contribution >= 0.6 is 0 Å². The molecule has 3 atom stereocenters. The zero-order valence-corrected chi connectivity index (χ0v) is 12.8. The lowest BCUT2D eigenvalue weighted by molar-refractivity contribution is -0.144. The number of aryl methyl sites for hydroxylation is 1. The summed E-state index contributed by atoms with van der Waals surface area (Å²) in [4.78, 5) is 20.5. The molecule has 116 valence electrons. The van der Waals surface area contributed by atoms with Gasteiger partial charge in [-0.1, -0.05) is 5.16 Å². The number of rotatable bonds is 4. The van der Waals surface area contributed by atoms with Gasteiger partial charge >= 0.3 is 5.97 Å². The summed E-state index contributed by atoms with van der Waals surface area (Å²) in [5, 5.41) is 3.93. The molecule has 2 aliphatic heterocycles. The third-order valence-electron chi connectivity index (χ3n) is 4.36. The van der Waals surface area contributed by atoms with Crippen molar-refractivity contribution in [3.8, 4) is 0 Å². The van der Waals surface area contributed by atoms with Crippen LogP contribution in [-0.2, 0) is 16.1 Å². The van der Waals surface area contributed by atoms with Crippen molar-refractivity contribution in [1.82, 2.24) is 19.9 Å². The van der Waals surface area contributed by atoms with Crippen molar-refractivity contribution < 1.29 is 14.1 Å². The number of carbonyl (C=O) groups excluding carboxylic acids is 1. The van der Waals surface area contributed by atoms with Gasteiger partial charge in [-0.15, -0.1) is 0 Å². The first-order valence-corrected chi connectivity index (χ1v) is 7.47. The van der Waals surface area contributed by atoms with Crippen LogP contribution in [0.3, 0.4) is 0 Å². The molecule has 1 aromatic heterocycles. The van der Waals surface area contributed by atoms with Crippen LogP contribution in [0.5, 0.6) is 0 Å². The quantitative estimate of drug-likeness (QED) is 0.752. The molecule has 0 aromatic carbocycles. The first kappa shape index (κ1) is 14.5. The first-order valence-electron chi connectivity index (χ1n) is 7.47. The molecule has 0 radical (unpaired) electrons. The van der Waals surface area contributed by atoms with Crippen LogP contribution in [0.2, 0.25) is 0 Å². The highest BCUT2D eigenvalue weighted by Gasteiger charge is 2.40. The van der Waals surface area contributed by atoms with Gasteiger partial charge in [0.25, 0.3) is 0 Å². The number of likely N-dealkylation sites (N-methyl/N-ethyl adjacent to an activating group) is 1. The molecule has 7 heteroatoms. The van der Waals surface area contributed by atoms with Crippen LogP contribution in [0.15, 0.2) is 4.52 Å². The summed E-state index contributed by atoms with van der Waals surface area (Å²) in [6.07, 6.45) is 1.90. The van der Waals surface area contributed by atoms with E-state index < -0.39 is 0 Å². The van der Waals surface area contributed by atoms with Crippen LogP contribution in [-0.4, -0.2) is 64.2 Å². The summed E-state index contributed by atoms with van der Waals surface area (Å²) < 4.78 is 10.3. The second-order valence-corrected chi connectivity index (χ2v) is 6.08. The third kappa shape index (κ3) is 3.08. The predicted octanol–water partition coefficient (Wildman–Crippen LogP) is 0.588. The molecule has 3 heterocycles. The van der Waals surface area contributed by atoms with E-state index in [1.165, 1.54) is 0 Å². The molecule has 2 fully saturated rings. The van der Waals surface area contributed by atoms with Crippen molar-refractivity contribution in [2.75, 3.05) is 20.1 Å². The first-order chi connectivity index (χ1) is 10.0. The second-order valence-electron chi connectivity index (χ2n) is 6.08. The normalized spacial score (nSPS) is 30.3. The SMILES string of the molecule is Cc1nc(CN(C)[C@@H]2CCN([C@H]3C[C@H](C)OC3=O)C2)no1. The number of carbonyl (C=O) groups is 1. The Hall–Kier alpha value is -1.47. The smallest absolute Gasteiger partial charge is 0.323 e. The Morgan fingerprint density at radius 1 is 1.48 bits per heavy atom. The summed E-state index contributed by atoms with van der Waals surface area (Å²) in [5.41, 5.74) is 0. The molecule has 3 rings (SSSR count). The van der Waals surface area contributed by atoms with Crippen molar-refractivity contribution in [3.63, 3.8) is 0 Å². The number of nitrogens with zero attached hydrogens (tertiary/aromatic N) is 4. The summed E-state index contributed by atoms with van der Waals surface area (Å²) >= 11 is 0. The number of hydrogen-bond donors (Lipinski definition) is 0. The number of aromatic nitrogens is 2. The monoisotopic (exact) mass is 294 g/mol. The lowest BCUT2D eigenvalue weighted by Gasteiger charge is -2.24. The molecular weight excluding hydrogens is 272 g/mol. The maximum Gasteiger partial charge on any atom is 0.323 e. The Morgan fingerprint density at radius 3 is 2.90 bits per heavy atom. The molecule has 0 bridgehead atoms. The molecule has 1 aromatic rings. The molecule has 7 nitrogen and oxygen atoms in total. The Bertz CT molecular complexity index is 518. The van der Waals surface area contributed by atoms with Gasteiger partial charge in [-0.25, -0.2) is 0 Å². The lowest BCUT2D eigenvalue weighted by Crippen LogP contribution is -2.40. The van der Waals surface area contributed by atoms with Gasteiger partial charge in [0.1, 0.15) is 12.1 Å². The summed E-state index contributed by atoms with van der Waals surface area (Å²) in [5.74, 6) is 1.23. The molecule has 0 aliphatic carbocycles. The topological polar surface area (TPSA) is 71.7 Å². The van der Waals surface area contributed by atoms with Crippen molar-refractivity contribution in [2.24, 2.45) is 0 Å². The van der Waals surface area contributed by atoms with Crippen molar-refractivity contribution >= 4 is 5.97 Å². The molecule has 0 amide bonds. The second kappa shape index (κ2) is 5.73. The molecule has 0 spiro atoms. The number of hydrogen-bond acceptors (Lipinski definition) is 7. The van der Waals surface area contributed by atoms with E-state index in [9.17, 15) is 4.79 Å². The van der Waals surface area contributed by atoms with Crippen LogP contribution in [0.4, 0.5) is 0 Å². The van der Waals surface area contributed by atoms with Crippen LogP contribution in [0, 0.1) is 6.92 Å². The molecule has 2 saturated heterocycles. The molecule has 0 saturated carbocycles. The number of ether oxygens (including phenoxy) is 1. The predicted molar refractivity (Wildman–Crippen MR) is 74.4 cm³/mol. The Balaban J connectivity index is 1.55. The fraction of sp³-hybridized carbons (Fsp3) is 0.786. The van der Waals surface area contributed by atoms with Crippen molar-refractivity contribution in [3.05, 3.63) is 11.7 Å². The number of likely N-dealkylation sites (tertiary alicyclic amines) is 1. The molecule has 2 aliphatic rings. The number of esters is 1. The Labute approximate surface area is 124 Å². The van der Waals surface area contributed by atoms with Crippen molar-refractivity contribution in [1.29, 1.82) is 0 Å². The third-order valence-corrected chi connectivity index (χ3v) is 4.36. The van der Waals surface area contributed by atoms with Crippen LogP contribution in [0.25, 0.3) is 0 Å². The van der Waals surface area contributed by atoms with E-state index in [2.05, 4.69) is 27.0 Å². The zero-order chi connectivity index (χ0) is 15.0. The van der Waals surface area contributed by atoms with E-state index in [1.807, 2.05) is 6.92 Å². The van der Waals surface area contributed by atoms with E-state index in [0.29, 0.717) is 24.3 Å². The zero-order valence-electron chi connectivity index (χ0n) is 12.8. The van der Waals surface area contributed by atoms with Gasteiger partial charge in [0.2, 0.25) is 5.89 Å². The van der Waals surface area contributed by atoms with Crippen molar-refractivity contribution in [2.45, 2.75) is 51.4 Å². The largest absolute Gasteiger partial charge is 0.461 e. The van der Waals surface area contributed by atoms with Gasteiger partial charge in [0.15, 0.2) is 5.82 Å². The highest BCUT2D eigenvalue weighted by atomic mass is 16.6. The lowest BCUT2D eigenvalue weighted by atomic mass is 10.1. The van der Waals surface area contributed by atoms with E-state index in [-0.39, 0.29) is 18.1 Å². The van der Waals surface area contributed by atoms with Gasteiger partial charge < -0.3 is 9.26 Å². The maximum absolute atomic E-state index is 11.8. The van der Waals surface area contributed by atoms with Crippen LogP contribution in [0.1, 0.15) is 31.5 Å².